The number of ether oxygens (including phenoxy) is 1. The van der Waals surface area contributed by atoms with E-state index in [0.29, 0.717) is 55.2 Å². The van der Waals surface area contributed by atoms with Crippen molar-refractivity contribution in [1.82, 2.24) is 14.7 Å². The molecule has 3 heterocycles. The molecule has 0 saturated heterocycles. The number of amides is 1. The zero-order chi connectivity index (χ0) is 29.9. The van der Waals surface area contributed by atoms with Gasteiger partial charge >= 0.3 is 6.18 Å². The number of aryl methyl sites for hydroxylation is 1. The van der Waals surface area contributed by atoms with Gasteiger partial charge in [0.05, 0.1) is 29.9 Å². The minimum absolute atomic E-state index is 0.0464. The van der Waals surface area contributed by atoms with Gasteiger partial charge in [-0.25, -0.2) is 9.37 Å². The van der Waals surface area contributed by atoms with E-state index in [4.69, 9.17) is 15.0 Å². The van der Waals surface area contributed by atoms with Crippen LogP contribution < -0.4 is 20.9 Å². The summed E-state index contributed by atoms with van der Waals surface area (Å²) in [6, 6.07) is 10.7. The number of primary amides is 1. The predicted octanol–water partition coefficient (Wildman–Crippen LogP) is 6.35. The Morgan fingerprint density at radius 2 is 2.00 bits per heavy atom. The number of alkyl halides is 3. The first-order valence-electron chi connectivity index (χ1n) is 13.3. The summed E-state index contributed by atoms with van der Waals surface area (Å²) in [4.78, 5) is 16.7. The van der Waals surface area contributed by atoms with E-state index < -0.39 is 29.5 Å². The number of hydrogen-bond donors (Lipinski definition) is 2. The largest absolute Gasteiger partial charge is 0.494 e. The quantitative estimate of drug-likeness (QED) is 0.198. The standard InChI is InChI=1S/C29H28F4N6O3/c1-2-14-41-18-10-11-20(21(15-18)29(31,32)33)23-16-19(42-37-23)6-5-9-25(27(34)40)38-17-35-28-26(38)12-13-39(36-28)24-8-4-3-7-22(24)30/h3-4,7-8,10-13,15-17,25,36H,2,5-6,9,14H2,1H3,(H2,34,40). The predicted molar refractivity (Wildman–Crippen MR) is 148 cm³/mol. The van der Waals surface area contributed by atoms with Crippen LogP contribution in [0.3, 0.4) is 0 Å². The van der Waals surface area contributed by atoms with Crippen LogP contribution in [-0.2, 0) is 17.4 Å². The van der Waals surface area contributed by atoms with Gasteiger partial charge in [0.25, 0.3) is 0 Å². The molecule has 0 bridgehead atoms. The second kappa shape index (κ2) is 12.0. The molecule has 13 heteroatoms. The lowest BCUT2D eigenvalue weighted by atomic mass is 10.0. The SMILES string of the molecule is CCCOc1ccc(-c2cc(CCCC(C(N)=O)n3cnc4c3C=CN(c3ccccc3F)N4)on2)c(C(F)(F)F)c1. The van der Waals surface area contributed by atoms with E-state index in [1.807, 2.05) is 6.92 Å². The summed E-state index contributed by atoms with van der Waals surface area (Å²) in [7, 11) is 0. The second-order valence-electron chi connectivity index (χ2n) is 9.68. The van der Waals surface area contributed by atoms with Crippen LogP contribution in [0.1, 0.15) is 49.2 Å². The number of nitrogens with two attached hydrogens (primary N) is 1. The normalized spacial score (nSPS) is 13.5. The number of nitrogens with zero attached hydrogens (tertiary/aromatic N) is 4. The number of nitrogens with one attached hydrogen (secondary N) is 1. The third-order valence-electron chi connectivity index (χ3n) is 6.72. The molecular weight excluding hydrogens is 556 g/mol. The molecule has 220 valence electrons. The average Bonchev–Trinajstić information content (AvgIpc) is 3.61. The van der Waals surface area contributed by atoms with Gasteiger partial charge in [-0.2, -0.15) is 13.2 Å². The molecule has 0 aliphatic carbocycles. The van der Waals surface area contributed by atoms with Gasteiger partial charge in [0.2, 0.25) is 5.91 Å². The number of halogens is 4. The van der Waals surface area contributed by atoms with E-state index in [9.17, 15) is 22.4 Å². The van der Waals surface area contributed by atoms with Crippen LogP contribution >= 0.6 is 0 Å². The van der Waals surface area contributed by atoms with Crippen LogP contribution in [0, 0.1) is 5.82 Å². The Morgan fingerprint density at radius 1 is 1.19 bits per heavy atom. The Bertz CT molecular complexity index is 1600. The number of anilines is 2. The van der Waals surface area contributed by atoms with Gasteiger partial charge in [-0.1, -0.05) is 24.2 Å². The molecule has 5 rings (SSSR count). The molecule has 3 N–H and O–H groups in total. The molecule has 0 radical (unpaired) electrons. The van der Waals surface area contributed by atoms with Gasteiger partial charge in [0.1, 0.15) is 29.1 Å². The molecule has 1 amide bonds. The Morgan fingerprint density at radius 3 is 2.74 bits per heavy atom. The third kappa shape index (κ3) is 6.09. The Labute approximate surface area is 238 Å². The van der Waals surface area contributed by atoms with E-state index in [-0.39, 0.29) is 17.0 Å². The fourth-order valence-electron chi connectivity index (χ4n) is 4.69. The van der Waals surface area contributed by atoms with E-state index in [2.05, 4.69) is 15.6 Å². The maximum absolute atomic E-state index is 14.2. The molecule has 1 atom stereocenters. The lowest BCUT2D eigenvalue weighted by Crippen LogP contribution is -2.30. The molecule has 0 saturated carbocycles. The van der Waals surface area contributed by atoms with Gasteiger partial charge in [0.15, 0.2) is 5.82 Å². The van der Waals surface area contributed by atoms with E-state index >= 15 is 0 Å². The first kappa shape index (κ1) is 28.7. The monoisotopic (exact) mass is 584 g/mol. The van der Waals surface area contributed by atoms with Crippen LogP contribution in [-0.4, -0.2) is 27.2 Å². The van der Waals surface area contributed by atoms with Crippen LogP contribution in [0.2, 0.25) is 0 Å². The summed E-state index contributed by atoms with van der Waals surface area (Å²) in [6.45, 7) is 2.17. The molecule has 1 unspecified atom stereocenters. The van der Waals surface area contributed by atoms with E-state index in [1.165, 1.54) is 35.6 Å². The van der Waals surface area contributed by atoms with Crippen molar-refractivity contribution < 1.29 is 31.6 Å². The van der Waals surface area contributed by atoms with Crippen LogP contribution in [0.4, 0.5) is 29.1 Å². The number of benzene rings is 2. The fraction of sp³-hybridized carbons (Fsp3) is 0.276. The summed E-state index contributed by atoms with van der Waals surface area (Å²) >= 11 is 0. The fourth-order valence-corrected chi connectivity index (χ4v) is 4.69. The molecule has 1 aliphatic heterocycles. The summed E-state index contributed by atoms with van der Waals surface area (Å²) < 4.78 is 67.9. The number of carbonyl (C=O) groups excluding carboxylic acids is 1. The molecule has 9 nitrogen and oxygen atoms in total. The smallest absolute Gasteiger partial charge is 0.417 e. The van der Waals surface area contributed by atoms with Crippen molar-refractivity contribution in [2.45, 2.75) is 44.8 Å². The number of rotatable bonds is 11. The highest BCUT2D eigenvalue weighted by Gasteiger charge is 2.35. The van der Waals surface area contributed by atoms with Crippen molar-refractivity contribution in [1.29, 1.82) is 0 Å². The molecule has 4 aromatic rings. The Balaban J connectivity index is 1.27. The summed E-state index contributed by atoms with van der Waals surface area (Å²) in [5, 5.41) is 5.34. The zero-order valence-corrected chi connectivity index (χ0v) is 22.6. The summed E-state index contributed by atoms with van der Waals surface area (Å²) in [6.07, 6.45) is 1.86. The van der Waals surface area contributed by atoms with E-state index in [1.54, 1.807) is 35.0 Å². The van der Waals surface area contributed by atoms with Gasteiger partial charge < -0.3 is 19.6 Å². The maximum atomic E-state index is 14.2. The molecule has 0 fully saturated rings. The van der Waals surface area contributed by atoms with Crippen molar-refractivity contribution in [2.24, 2.45) is 5.73 Å². The number of aromatic nitrogens is 3. The Hall–Kier alpha value is -4.81. The highest BCUT2D eigenvalue weighted by Crippen LogP contribution is 2.39. The summed E-state index contributed by atoms with van der Waals surface area (Å²) in [5.41, 5.74) is 8.66. The third-order valence-corrected chi connectivity index (χ3v) is 6.72. The topological polar surface area (TPSA) is 111 Å². The van der Waals surface area contributed by atoms with Crippen molar-refractivity contribution in [2.75, 3.05) is 17.0 Å². The first-order chi connectivity index (χ1) is 20.2. The zero-order valence-electron chi connectivity index (χ0n) is 22.6. The average molecular weight is 585 g/mol. The molecule has 0 spiro atoms. The van der Waals surface area contributed by atoms with Crippen molar-refractivity contribution in [3.05, 3.63) is 83.9 Å². The van der Waals surface area contributed by atoms with Crippen LogP contribution in [0.15, 0.2) is 65.6 Å². The van der Waals surface area contributed by atoms with Crippen LogP contribution in [0.25, 0.3) is 17.3 Å². The second-order valence-corrected chi connectivity index (χ2v) is 9.68. The highest BCUT2D eigenvalue weighted by atomic mass is 19.4. The van der Waals surface area contributed by atoms with Crippen LogP contribution in [0.5, 0.6) is 5.75 Å². The molecule has 2 aromatic carbocycles. The van der Waals surface area contributed by atoms with Gasteiger partial charge in [0, 0.05) is 24.3 Å². The lowest BCUT2D eigenvalue weighted by Gasteiger charge is -2.26. The lowest BCUT2D eigenvalue weighted by molar-refractivity contribution is -0.137. The van der Waals surface area contributed by atoms with Crippen molar-refractivity contribution in [3.8, 4) is 17.0 Å². The number of imidazole rings is 1. The minimum Gasteiger partial charge on any atom is -0.494 e. The number of carbonyl (C=O) groups is 1. The number of hydrogen-bond acceptors (Lipinski definition) is 7. The number of hydrazine groups is 1. The number of para-hydroxylation sites is 1. The molecular formula is C29H28F4N6O3. The van der Waals surface area contributed by atoms with Crippen molar-refractivity contribution >= 4 is 23.5 Å². The number of fused-ring (bicyclic) bond motifs is 1. The molecule has 42 heavy (non-hydrogen) atoms. The van der Waals surface area contributed by atoms with Gasteiger partial charge in [-0.3, -0.25) is 15.2 Å². The van der Waals surface area contributed by atoms with Crippen molar-refractivity contribution in [3.63, 3.8) is 0 Å². The van der Waals surface area contributed by atoms with E-state index in [0.717, 1.165) is 6.07 Å². The highest BCUT2D eigenvalue weighted by molar-refractivity contribution is 5.80. The maximum Gasteiger partial charge on any atom is 0.417 e. The minimum atomic E-state index is -4.62. The van der Waals surface area contributed by atoms with Gasteiger partial charge in [-0.15, -0.1) is 0 Å². The molecule has 1 aliphatic rings. The molecule has 2 aromatic heterocycles. The summed E-state index contributed by atoms with van der Waals surface area (Å²) in [5.74, 6) is -0.101. The first-order valence-corrected chi connectivity index (χ1v) is 13.3. The van der Waals surface area contributed by atoms with Gasteiger partial charge in [-0.05, 0) is 55.7 Å². The Kier molecular flexibility index (Phi) is 8.18.